The van der Waals surface area contributed by atoms with E-state index in [4.69, 9.17) is 27.9 Å². The first kappa shape index (κ1) is 24.6. The zero-order valence-corrected chi connectivity index (χ0v) is 22.0. The van der Waals surface area contributed by atoms with Gasteiger partial charge in [0, 0.05) is 21.3 Å². The maximum absolute atomic E-state index is 12.5. The maximum Gasteiger partial charge on any atom is 0.266 e. The molecule has 32 heavy (non-hydrogen) atoms. The van der Waals surface area contributed by atoms with Gasteiger partial charge in [-0.25, -0.2) is 0 Å². The van der Waals surface area contributed by atoms with Crippen LogP contribution < -0.4 is 10.1 Å². The van der Waals surface area contributed by atoms with Gasteiger partial charge in [-0.3, -0.25) is 4.79 Å². The summed E-state index contributed by atoms with van der Waals surface area (Å²) >= 11 is 16.4. The fraction of sp³-hybridized carbons (Fsp3) is 0.0435. The minimum atomic E-state index is -0.541. The number of nitrogens with zero attached hydrogens (tertiary/aromatic N) is 1. The zero-order chi connectivity index (χ0) is 23.3. The quantitative estimate of drug-likeness (QED) is 0.126. The minimum Gasteiger partial charge on any atom is -0.508 e. The van der Waals surface area contributed by atoms with E-state index in [1.807, 2.05) is 24.3 Å². The van der Waals surface area contributed by atoms with Gasteiger partial charge in [-0.15, -0.1) is 0 Å². The van der Waals surface area contributed by atoms with Crippen LogP contribution in [0.5, 0.6) is 11.5 Å². The smallest absolute Gasteiger partial charge is 0.266 e. The molecule has 0 unspecified atom stereocenters. The molecule has 0 fully saturated rings. The van der Waals surface area contributed by atoms with Crippen LogP contribution in [0.1, 0.15) is 11.1 Å². The van der Waals surface area contributed by atoms with Crippen molar-refractivity contribution >= 4 is 86.1 Å². The van der Waals surface area contributed by atoms with Crippen molar-refractivity contribution < 1.29 is 14.6 Å². The van der Waals surface area contributed by atoms with E-state index in [-0.39, 0.29) is 17.9 Å². The highest BCUT2D eigenvalue weighted by molar-refractivity contribution is 14.1. The van der Waals surface area contributed by atoms with Crippen LogP contribution in [0.4, 0.5) is 5.69 Å². The molecule has 0 aromatic heterocycles. The van der Waals surface area contributed by atoms with E-state index in [0.717, 1.165) is 12.7 Å². The third-order valence-electron chi connectivity index (χ3n) is 4.21. The van der Waals surface area contributed by atoms with E-state index < -0.39 is 5.91 Å². The van der Waals surface area contributed by atoms with Crippen molar-refractivity contribution in [2.45, 2.75) is 6.61 Å². The summed E-state index contributed by atoms with van der Waals surface area (Å²) in [6.45, 7) is 0.273. The fourth-order valence-corrected chi connectivity index (χ4v) is 5.24. The molecule has 162 valence electrons. The van der Waals surface area contributed by atoms with Gasteiger partial charge in [-0.2, -0.15) is 5.26 Å². The Labute approximate surface area is 222 Å². The number of phenolic OH excluding ortho intramolecular Hbond substituents is 1. The summed E-state index contributed by atoms with van der Waals surface area (Å²) < 4.78 is 7.61. The number of halogens is 4. The van der Waals surface area contributed by atoms with E-state index >= 15 is 0 Å². The van der Waals surface area contributed by atoms with Crippen molar-refractivity contribution in [1.82, 2.24) is 0 Å². The minimum absolute atomic E-state index is 0.0497. The summed E-state index contributed by atoms with van der Waals surface area (Å²) in [6, 6.07) is 16.8. The first-order valence-corrected chi connectivity index (χ1v) is 12.0. The lowest BCUT2D eigenvalue weighted by Crippen LogP contribution is -2.13. The molecular weight excluding hydrogens is 677 g/mol. The Morgan fingerprint density at radius 2 is 1.75 bits per heavy atom. The number of anilines is 1. The number of hydrogen-bond donors (Lipinski definition) is 2. The van der Waals surface area contributed by atoms with Crippen molar-refractivity contribution in [3.8, 4) is 17.6 Å². The molecule has 0 heterocycles. The summed E-state index contributed by atoms with van der Waals surface area (Å²) in [6.07, 6.45) is 1.51. The third kappa shape index (κ3) is 6.51. The summed E-state index contributed by atoms with van der Waals surface area (Å²) in [5.74, 6) is 0.228. The van der Waals surface area contributed by atoms with Gasteiger partial charge in [0.05, 0.1) is 7.14 Å². The highest BCUT2D eigenvalue weighted by Crippen LogP contribution is 2.31. The fourth-order valence-electron chi connectivity index (χ4n) is 2.65. The number of rotatable bonds is 6. The molecule has 0 saturated heterocycles. The molecule has 9 heteroatoms. The normalized spacial score (nSPS) is 11.0. The number of benzene rings is 3. The Morgan fingerprint density at radius 3 is 2.34 bits per heavy atom. The molecule has 0 atom stereocenters. The van der Waals surface area contributed by atoms with Crippen molar-refractivity contribution in [3.63, 3.8) is 0 Å². The molecule has 3 rings (SSSR count). The second-order valence-electron chi connectivity index (χ2n) is 6.51. The summed E-state index contributed by atoms with van der Waals surface area (Å²) in [7, 11) is 0. The molecule has 0 saturated carbocycles. The molecule has 0 radical (unpaired) electrons. The molecule has 5 nitrogen and oxygen atoms in total. The molecule has 1 amide bonds. The van der Waals surface area contributed by atoms with Gasteiger partial charge in [-0.05, 0) is 105 Å². The van der Waals surface area contributed by atoms with E-state index in [0.29, 0.717) is 27.0 Å². The van der Waals surface area contributed by atoms with Crippen LogP contribution in [0.15, 0.2) is 60.2 Å². The van der Waals surface area contributed by atoms with E-state index in [1.165, 1.54) is 18.2 Å². The lowest BCUT2D eigenvalue weighted by atomic mass is 10.1. The second-order valence-corrected chi connectivity index (χ2v) is 9.68. The lowest BCUT2D eigenvalue weighted by Gasteiger charge is -2.13. The third-order valence-corrected chi connectivity index (χ3v) is 6.40. The van der Waals surface area contributed by atoms with Gasteiger partial charge in [-0.1, -0.05) is 29.3 Å². The molecule has 3 aromatic carbocycles. The predicted molar refractivity (Wildman–Crippen MR) is 143 cm³/mol. The number of nitriles is 1. The van der Waals surface area contributed by atoms with Gasteiger partial charge in [0.1, 0.15) is 29.7 Å². The van der Waals surface area contributed by atoms with Crippen molar-refractivity contribution in [1.29, 1.82) is 5.26 Å². The summed E-state index contributed by atoms with van der Waals surface area (Å²) in [5.41, 5.74) is 1.92. The Bertz CT molecular complexity index is 1220. The number of phenols is 1. The number of carbonyl (C=O) groups excluding carboxylic acids is 1. The van der Waals surface area contributed by atoms with Crippen LogP contribution in [0, 0.1) is 18.5 Å². The van der Waals surface area contributed by atoms with E-state index in [1.54, 1.807) is 24.3 Å². The first-order valence-electron chi connectivity index (χ1n) is 9.05. The van der Waals surface area contributed by atoms with Crippen LogP contribution in [0.3, 0.4) is 0 Å². The number of hydrogen-bond acceptors (Lipinski definition) is 4. The number of aromatic hydroxyl groups is 1. The average Bonchev–Trinajstić information content (AvgIpc) is 2.74. The molecule has 3 aromatic rings. The van der Waals surface area contributed by atoms with Crippen molar-refractivity contribution in [2.75, 3.05) is 5.32 Å². The Hall–Kier alpha value is -2.00. The number of carbonyl (C=O) groups is 1. The number of ether oxygens (including phenoxy) is 1. The Kier molecular flexibility index (Phi) is 8.64. The van der Waals surface area contributed by atoms with E-state index in [2.05, 4.69) is 50.5 Å². The molecule has 0 aliphatic heterocycles. The standard InChI is InChI=1S/C23H14Cl2I2N2O3/c24-16-2-1-14(19(25)10-16)12-32-22-20(26)8-13(9-21(22)27)7-15(11-28)23(31)29-17-3-5-18(30)6-4-17/h1-10,30H,12H2,(H,29,31)/b15-7+. The molecule has 2 N–H and O–H groups in total. The lowest BCUT2D eigenvalue weighted by molar-refractivity contribution is -0.112. The molecule has 0 aliphatic rings. The van der Waals surface area contributed by atoms with Crippen molar-refractivity contribution in [3.05, 3.63) is 88.5 Å². The van der Waals surface area contributed by atoms with E-state index in [9.17, 15) is 15.2 Å². The predicted octanol–water partition coefficient (Wildman–Crippen LogP) is 7.03. The highest BCUT2D eigenvalue weighted by atomic mass is 127. The average molecular weight is 691 g/mol. The van der Waals surface area contributed by atoms with Gasteiger partial charge >= 0.3 is 0 Å². The largest absolute Gasteiger partial charge is 0.508 e. The van der Waals surface area contributed by atoms with Gasteiger partial charge in [0.2, 0.25) is 0 Å². The van der Waals surface area contributed by atoms with Crippen LogP contribution in [-0.4, -0.2) is 11.0 Å². The van der Waals surface area contributed by atoms with Crippen LogP contribution in [-0.2, 0) is 11.4 Å². The van der Waals surface area contributed by atoms with Crippen LogP contribution in [0.2, 0.25) is 10.0 Å². The highest BCUT2D eigenvalue weighted by Gasteiger charge is 2.13. The molecular formula is C23H14Cl2I2N2O3. The summed E-state index contributed by atoms with van der Waals surface area (Å²) in [5, 5.41) is 22.5. The second kappa shape index (κ2) is 11.2. The van der Waals surface area contributed by atoms with Gasteiger partial charge in [0.25, 0.3) is 5.91 Å². The van der Waals surface area contributed by atoms with Gasteiger partial charge in [0.15, 0.2) is 0 Å². The summed E-state index contributed by atoms with van der Waals surface area (Å²) in [4.78, 5) is 12.5. The number of nitrogens with one attached hydrogen (secondary N) is 1. The van der Waals surface area contributed by atoms with Gasteiger partial charge < -0.3 is 15.2 Å². The first-order chi connectivity index (χ1) is 15.3. The molecule has 0 aliphatic carbocycles. The molecule has 0 spiro atoms. The zero-order valence-electron chi connectivity index (χ0n) is 16.2. The van der Waals surface area contributed by atoms with Crippen LogP contribution in [0.25, 0.3) is 6.08 Å². The Morgan fingerprint density at radius 1 is 1.09 bits per heavy atom. The molecule has 0 bridgehead atoms. The number of amides is 1. The SMILES string of the molecule is N#C/C(=C\c1cc(I)c(OCc2ccc(Cl)cc2Cl)c(I)c1)C(=O)Nc1ccc(O)cc1. The van der Waals surface area contributed by atoms with Crippen LogP contribution >= 0.6 is 68.4 Å². The Balaban J connectivity index is 1.77. The topological polar surface area (TPSA) is 82.3 Å². The maximum atomic E-state index is 12.5. The monoisotopic (exact) mass is 690 g/mol. The van der Waals surface area contributed by atoms with Crippen molar-refractivity contribution in [2.24, 2.45) is 0 Å².